The molecule has 3 aromatic rings. The maximum absolute atomic E-state index is 14.0. The van der Waals surface area contributed by atoms with E-state index in [4.69, 9.17) is 23.2 Å². The highest BCUT2D eigenvalue weighted by Crippen LogP contribution is 2.27. The summed E-state index contributed by atoms with van der Waals surface area (Å²) in [4.78, 5) is 28.8. The highest BCUT2D eigenvalue weighted by Gasteiger charge is 2.34. The predicted octanol–water partition coefficient (Wildman–Crippen LogP) is 5.95. The van der Waals surface area contributed by atoms with Gasteiger partial charge in [-0.3, -0.25) is 13.9 Å². The van der Waals surface area contributed by atoms with Crippen molar-refractivity contribution in [3.05, 3.63) is 94.5 Å². The summed E-state index contributed by atoms with van der Waals surface area (Å²) < 4.78 is 28.7. The molecule has 0 aliphatic carbocycles. The summed E-state index contributed by atoms with van der Waals surface area (Å²) in [6, 6.07) is 20.8. The first kappa shape index (κ1) is 31.5. The smallest absolute Gasteiger partial charge is 0.264 e. The molecule has 214 valence electrons. The molecule has 40 heavy (non-hydrogen) atoms. The zero-order valence-corrected chi connectivity index (χ0v) is 25.4. The maximum atomic E-state index is 14.0. The third-order valence-corrected chi connectivity index (χ3v) is 8.42. The van der Waals surface area contributed by atoms with E-state index in [1.54, 1.807) is 18.2 Å². The van der Waals surface area contributed by atoms with Gasteiger partial charge in [0.05, 0.1) is 10.6 Å². The lowest BCUT2D eigenvalue weighted by Crippen LogP contribution is -2.56. The molecule has 0 fully saturated rings. The number of hydrogen-bond donors (Lipinski definition) is 1. The first-order chi connectivity index (χ1) is 18.8. The van der Waals surface area contributed by atoms with Crippen molar-refractivity contribution in [1.82, 2.24) is 10.2 Å². The van der Waals surface area contributed by atoms with Gasteiger partial charge in [0.1, 0.15) is 12.6 Å². The van der Waals surface area contributed by atoms with Crippen molar-refractivity contribution in [3.63, 3.8) is 0 Å². The molecular formula is C30H35Cl2N3O4S. The van der Waals surface area contributed by atoms with Crippen molar-refractivity contribution >= 4 is 50.7 Å². The molecule has 3 rings (SSSR count). The number of nitrogens with zero attached hydrogens (tertiary/aromatic N) is 2. The largest absolute Gasteiger partial charge is 0.350 e. The van der Waals surface area contributed by atoms with Crippen LogP contribution in [0.15, 0.2) is 83.8 Å². The number of carbonyl (C=O) groups excluding carboxylic acids is 2. The van der Waals surface area contributed by atoms with E-state index >= 15 is 0 Å². The summed E-state index contributed by atoms with van der Waals surface area (Å²) in [7, 11) is -4.20. The van der Waals surface area contributed by atoms with Gasteiger partial charge < -0.3 is 10.2 Å². The molecule has 0 saturated carbocycles. The fourth-order valence-corrected chi connectivity index (χ4v) is 5.96. The number of nitrogens with one attached hydrogen (secondary N) is 1. The van der Waals surface area contributed by atoms with Gasteiger partial charge in [0.2, 0.25) is 11.8 Å². The Kier molecular flexibility index (Phi) is 10.6. The van der Waals surface area contributed by atoms with Crippen molar-refractivity contribution in [2.75, 3.05) is 17.4 Å². The second kappa shape index (κ2) is 13.5. The van der Waals surface area contributed by atoms with E-state index in [9.17, 15) is 18.0 Å². The SMILES string of the molecule is CCC(C(=O)NC(C)(C)C)N(CCc1ccccc1)C(=O)CN(c1cccc(Cl)c1)S(=O)(=O)c1ccc(Cl)cc1. The number of amides is 2. The van der Waals surface area contributed by atoms with Crippen LogP contribution in [0.3, 0.4) is 0 Å². The predicted molar refractivity (Wildman–Crippen MR) is 161 cm³/mol. The van der Waals surface area contributed by atoms with Crippen LogP contribution in [-0.4, -0.2) is 49.8 Å². The van der Waals surface area contributed by atoms with Crippen LogP contribution in [0.2, 0.25) is 10.0 Å². The maximum Gasteiger partial charge on any atom is 0.264 e. The van der Waals surface area contributed by atoms with Crippen LogP contribution in [0.5, 0.6) is 0 Å². The van der Waals surface area contributed by atoms with Crippen LogP contribution < -0.4 is 9.62 Å². The second-order valence-corrected chi connectivity index (χ2v) is 13.2. The standard InChI is InChI=1S/C30H35Cl2N3O4S/c1-5-27(29(37)33-30(2,3)4)34(19-18-22-10-7-6-8-11-22)28(36)21-35(25-13-9-12-24(32)20-25)40(38,39)26-16-14-23(31)15-17-26/h6-17,20,27H,5,18-19,21H2,1-4H3,(H,33,37). The molecule has 0 radical (unpaired) electrons. The van der Waals surface area contributed by atoms with Crippen LogP contribution in [0.4, 0.5) is 5.69 Å². The molecule has 0 aromatic heterocycles. The highest BCUT2D eigenvalue weighted by atomic mass is 35.5. The Balaban J connectivity index is 2.02. The number of rotatable bonds is 11. The zero-order valence-electron chi connectivity index (χ0n) is 23.1. The van der Waals surface area contributed by atoms with Gasteiger partial charge in [-0.25, -0.2) is 8.42 Å². The van der Waals surface area contributed by atoms with Gasteiger partial charge in [-0.15, -0.1) is 0 Å². The molecule has 7 nitrogen and oxygen atoms in total. The van der Waals surface area contributed by atoms with E-state index in [0.717, 1.165) is 9.87 Å². The molecule has 3 aromatic carbocycles. The van der Waals surface area contributed by atoms with Crippen LogP contribution >= 0.6 is 23.2 Å². The molecule has 0 bridgehead atoms. The molecule has 1 atom stereocenters. The van der Waals surface area contributed by atoms with Gasteiger partial charge in [0, 0.05) is 22.1 Å². The van der Waals surface area contributed by atoms with Gasteiger partial charge in [0.25, 0.3) is 10.0 Å². The Morgan fingerprint density at radius 3 is 2.12 bits per heavy atom. The van der Waals surface area contributed by atoms with E-state index in [1.165, 1.54) is 35.2 Å². The molecule has 2 amide bonds. The van der Waals surface area contributed by atoms with Gasteiger partial charge in [-0.05, 0) is 81.6 Å². The Morgan fingerprint density at radius 1 is 0.900 bits per heavy atom. The fraction of sp³-hybridized carbons (Fsp3) is 0.333. The van der Waals surface area contributed by atoms with Crippen LogP contribution in [0.1, 0.15) is 39.7 Å². The summed E-state index contributed by atoms with van der Waals surface area (Å²) in [6.45, 7) is 7.13. The number of benzene rings is 3. The minimum atomic E-state index is -4.20. The van der Waals surface area contributed by atoms with Crippen molar-refractivity contribution in [1.29, 1.82) is 0 Å². The second-order valence-electron chi connectivity index (χ2n) is 10.4. The average Bonchev–Trinajstić information content (AvgIpc) is 2.89. The van der Waals surface area contributed by atoms with Crippen LogP contribution in [-0.2, 0) is 26.0 Å². The van der Waals surface area contributed by atoms with Gasteiger partial charge in [0.15, 0.2) is 0 Å². The monoisotopic (exact) mass is 603 g/mol. The summed E-state index contributed by atoms with van der Waals surface area (Å²) in [5.41, 5.74) is 0.710. The summed E-state index contributed by atoms with van der Waals surface area (Å²) in [5.74, 6) is -0.810. The minimum Gasteiger partial charge on any atom is -0.350 e. The Morgan fingerprint density at radius 2 is 1.55 bits per heavy atom. The molecule has 10 heteroatoms. The molecule has 0 aliphatic heterocycles. The van der Waals surface area contributed by atoms with Gasteiger partial charge in [-0.1, -0.05) is 66.5 Å². The molecule has 0 aliphatic rings. The fourth-order valence-electron chi connectivity index (χ4n) is 4.24. The van der Waals surface area contributed by atoms with E-state index in [-0.39, 0.29) is 23.0 Å². The Bertz CT molecular complexity index is 1410. The first-order valence-corrected chi connectivity index (χ1v) is 15.2. The van der Waals surface area contributed by atoms with Crippen LogP contribution in [0.25, 0.3) is 0 Å². The van der Waals surface area contributed by atoms with Crippen LogP contribution in [0, 0.1) is 0 Å². The molecular weight excluding hydrogens is 569 g/mol. The molecule has 1 N–H and O–H groups in total. The number of carbonyl (C=O) groups is 2. The number of sulfonamides is 1. The van der Waals surface area contributed by atoms with E-state index in [2.05, 4.69) is 5.32 Å². The van der Waals surface area contributed by atoms with Crippen molar-refractivity contribution in [3.8, 4) is 0 Å². The third kappa shape index (κ3) is 8.46. The normalized spacial score (nSPS) is 12.4. The number of anilines is 1. The summed E-state index contributed by atoms with van der Waals surface area (Å²) in [5, 5.41) is 3.66. The Labute approximate surface area is 247 Å². The lowest BCUT2D eigenvalue weighted by Gasteiger charge is -2.34. The minimum absolute atomic E-state index is 0.0296. The quantitative estimate of drug-likeness (QED) is 0.293. The third-order valence-electron chi connectivity index (χ3n) is 6.15. The highest BCUT2D eigenvalue weighted by molar-refractivity contribution is 7.92. The number of hydrogen-bond acceptors (Lipinski definition) is 4. The van der Waals surface area contributed by atoms with Crippen molar-refractivity contribution in [2.24, 2.45) is 0 Å². The summed E-state index contributed by atoms with van der Waals surface area (Å²) in [6.07, 6.45) is 0.844. The molecule has 0 heterocycles. The van der Waals surface area contributed by atoms with Gasteiger partial charge >= 0.3 is 0 Å². The summed E-state index contributed by atoms with van der Waals surface area (Å²) >= 11 is 12.2. The first-order valence-electron chi connectivity index (χ1n) is 13.0. The topological polar surface area (TPSA) is 86.8 Å². The Hall–Kier alpha value is -3.07. The molecule has 0 spiro atoms. The average molecular weight is 605 g/mol. The number of halogens is 2. The van der Waals surface area contributed by atoms with Gasteiger partial charge in [-0.2, -0.15) is 0 Å². The molecule has 0 saturated heterocycles. The van der Waals surface area contributed by atoms with E-state index in [1.807, 2.05) is 58.0 Å². The lowest BCUT2D eigenvalue weighted by molar-refractivity contribution is -0.140. The van der Waals surface area contributed by atoms with Crippen molar-refractivity contribution in [2.45, 2.75) is 57.0 Å². The van der Waals surface area contributed by atoms with Crippen molar-refractivity contribution < 1.29 is 18.0 Å². The lowest BCUT2D eigenvalue weighted by atomic mass is 10.1. The molecule has 1 unspecified atom stereocenters. The zero-order chi connectivity index (χ0) is 29.5. The van der Waals surface area contributed by atoms with E-state index < -0.39 is 34.1 Å². The van der Waals surface area contributed by atoms with E-state index in [0.29, 0.717) is 22.9 Å².